The predicted octanol–water partition coefficient (Wildman–Crippen LogP) is 2.76. The lowest BCUT2D eigenvalue weighted by atomic mass is 10.2. The van der Waals surface area contributed by atoms with Crippen molar-refractivity contribution in [3.8, 4) is 0 Å². The Morgan fingerprint density at radius 3 is 2.52 bits per heavy atom. The molecule has 1 heterocycles. The summed E-state index contributed by atoms with van der Waals surface area (Å²) in [6, 6.07) is 2.33. The monoisotopic (exact) mass is 295 g/mol. The SMILES string of the molecule is CNc1ncnc(Nc2c(F)ccc(C)c2F)c1[N+](=O)[O-]. The minimum absolute atomic E-state index is 0.0639. The van der Waals surface area contributed by atoms with Crippen LogP contribution in [0.1, 0.15) is 5.56 Å². The molecule has 1 aromatic carbocycles. The van der Waals surface area contributed by atoms with Gasteiger partial charge in [0, 0.05) is 7.05 Å². The first-order valence-corrected chi connectivity index (χ1v) is 5.84. The Bertz CT molecular complexity index is 708. The third kappa shape index (κ3) is 2.71. The summed E-state index contributed by atoms with van der Waals surface area (Å²) in [4.78, 5) is 17.7. The van der Waals surface area contributed by atoms with Gasteiger partial charge in [-0.2, -0.15) is 0 Å². The normalized spacial score (nSPS) is 10.3. The number of anilines is 3. The van der Waals surface area contributed by atoms with Gasteiger partial charge in [0.25, 0.3) is 0 Å². The number of hydrogen-bond donors (Lipinski definition) is 2. The molecule has 110 valence electrons. The molecule has 0 saturated heterocycles. The molecule has 0 amide bonds. The van der Waals surface area contributed by atoms with Gasteiger partial charge in [-0.3, -0.25) is 10.1 Å². The lowest BCUT2D eigenvalue weighted by Crippen LogP contribution is -2.07. The molecule has 0 radical (unpaired) electrons. The van der Waals surface area contributed by atoms with Crippen LogP contribution in [0, 0.1) is 28.7 Å². The molecule has 9 heteroatoms. The van der Waals surface area contributed by atoms with E-state index in [9.17, 15) is 18.9 Å². The molecule has 2 N–H and O–H groups in total. The molecule has 1 aromatic heterocycles. The first-order valence-electron chi connectivity index (χ1n) is 5.84. The lowest BCUT2D eigenvalue weighted by molar-refractivity contribution is -0.383. The van der Waals surface area contributed by atoms with Gasteiger partial charge in [-0.15, -0.1) is 0 Å². The molecule has 0 fully saturated rings. The Labute approximate surface area is 118 Å². The van der Waals surface area contributed by atoms with Crippen LogP contribution in [0.5, 0.6) is 0 Å². The van der Waals surface area contributed by atoms with E-state index in [-0.39, 0.29) is 17.2 Å². The van der Waals surface area contributed by atoms with Crippen molar-refractivity contribution in [3.63, 3.8) is 0 Å². The van der Waals surface area contributed by atoms with Crippen LogP contribution in [0.4, 0.5) is 31.8 Å². The quantitative estimate of drug-likeness (QED) is 0.665. The van der Waals surface area contributed by atoms with Crippen LogP contribution < -0.4 is 10.6 Å². The van der Waals surface area contributed by atoms with Crippen LogP contribution in [-0.4, -0.2) is 21.9 Å². The van der Waals surface area contributed by atoms with Crippen molar-refractivity contribution < 1.29 is 13.7 Å². The zero-order valence-corrected chi connectivity index (χ0v) is 11.1. The van der Waals surface area contributed by atoms with E-state index in [4.69, 9.17) is 0 Å². The molecule has 0 aliphatic heterocycles. The lowest BCUT2D eigenvalue weighted by Gasteiger charge is -2.10. The topological polar surface area (TPSA) is 93.0 Å². The fourth-order valence-electron chi connectivity index (χ4n) is 1.72. The summed E-state index contributed by atoms with van der Waals surface area (Å²) < 4.78 is 27.6. The molecular weight excluding hydrogens is 284 g/mol. The van der Waals surface area contributed by atoms with Crippen molar-refractivity contribution in [1.82, 2.24) is 9.97 Å². The van der Waals surface area contributed by atoms with E-state index in [1.807, 2.05) is 0 Å². The predicted molar refractivity (Wildman–Crippen MR) is 72.6 cm³/mol. The van der Waals surface area contributed by atoms with Gasteiger partial charge >= 0.3 is 5.69 Å². The summed E-state index contributed by atoms with van der Waals surface area (Å²) in [7, 11) is 1.44. The molecule has 2 rings (SSSR count). The van der Waals surface area contributed by atoms with E-state index in [1.54, 1.807) is 0 Å². The fourth-order valence-corrected chi connectivity index (χ4v) is 1.72. The summed E-state index contributed by atoms with van der Waals surface area (Å²) >= 11 is 0. The summed E-state index contributed by atoms with van der Waals surface area (Å²) in [6.45, 7) is 1.45. The highest BCUT2D eigenvalue weighted by molar-refractivity contribution is 5.74. The standard InChI is InChI=1S/C12H11F2N5O2/c1-6-3-4-7(13)9(8(6)14)18-12-10(19(20)21)11(15-2)16-5-17-12/h3-5H,1-2H3,(H2,15,16,17,18). The number of benzene rings is 1. The zero-order chi connectivity index (χ0) is 15.6. The molecular formula is C12H11F2N5O2. The second-order valence-electron chi connectivity index (χ2n) is 4.10. The first-order chi connectivity index (χ1) is 9.95. The van der Waals surface area contributed by atoms with Crippen molar-refractivity contribution in [2.75, 3.05) is 17.7 Å². The van der Waals surface area contributed by atoms with E-state index in [0.29, 0.717) is 0 Å². The van der Waals surface area contributed by atoms with Gasteiger partial charge in [-0.1, -0.05) is 6.07 Å². The summed E-state index contributed by atoms with van der Waals surface area (Å²) in [5, 5.41) is 15.9. The number of rotatable bonds is 4. The largest absolute Gasteiger partial charge is 0.367 e. The third-order valence-corrected chi connectivity index (χ3v) is 2.77. The number of aryl methyl sites for hydroxylation is 1. The van der Waals surface area contributed by atoms with Crippen molar-refractivity contribution in [2.24, 2.45) is 0 Å². The molecule has 2 aromatic rings. The van der Waals surface area contributed by atoms with Gasteiger partial charge in [0.1, 0.15) is 17.8 Å². The zero-order valence-electron chi connectivity index (χ0n) is 11.1. The summed E-state index contributed by atoms with van der Waals surface area (Å²) in [5.41, 5.74) is -0.802. The molecule has 0 unspecified atom stereocenters. The molecule has 0 aliphatic rings. The number of aromatic nitrogens is 2. The summed E-state index contributed by atoms with van der Waals surface area (Å²) in [5.74, 6) is -2.08. The second-order valence-corrected chi connectivity index (χ2v) is 4.10. The van der Waals surface area contributed by atoms with Crippen LogP contribution in [0.2, 0.25) is 0 Å². The number of hydrogen-bond acceptors (Lipinski definition) is 6. The number of nitrogens with one attached hydrogen (secondary N) is 2. The van der Waals surface area contributed by atoms with Crippen LogP contribution in [0.15, 0.2) is 18.5 Å². The third-order valence-electron chi connectivity index (χ3n) is 2.77. The van der Waals surface area contributed by atoms with E-state index >= 15 is 0 Å². The Kier molecular flexibility index (Phi) is 3.92. The minimum atomic E-state index is -0.878. The molecule has 0 spiro atoms. The highest BCUT2D eigenvalue weighted by Crippen LogP contribution is 2.33. The highest BCUT2D eigenvalue weighted by Gasteiger charge is 2.24. The van der Waals surface area contributed by atoms with Gasteiger partial charge in [0.05, 0.1) is 4.92 Å². The smallest absolute Gasteiger partial charge is 0.353 e. The van der Waals surface area contributed by atoms with E-state index < -0.39 is 27.9 Å². The van der Waals surface area contributed by atoms with Gasteiger partial charge in [0.2, 0.25) is 11.6 Å². The van der Waals surface area contributed by atoms with Gasteiger partial charge in [0.15, 0.2) is 5.82 Å². The van der Waals surface area contributed by atoms with Crippen molar-refractivity contribution in [3.05, 3.63) is 45.8 Å². The Morgan fingerprint density at radius 1 is 1.24 bits per heavy atom. The Morgan fingerprint density at radius 2 is 1.90 bits per heavy atom. The van der Waals surface area contributed by atoms with Gasteiger partial charge < -0.3 is 10.6 Å². The Hall–Kier alpha value is -2.84. The number of nitrogens with zero attached hydrogens (tertiary/aromatic N) is 3. The average molecular weight is 295 g/mol. The van der Waals surface area contributed by atoms with Crippen LogP contribution in [0.25, 0.3) is 0 Å². The van der Waals surface area contributed by atoms with Gasteiger partial charge in [-0.25, -0.2) is 18.7 Å². The molecule has 0 bridgehead atoms. The molecule has 0 saturated carbocycles. The maximum absolute atomic E-state index is 13.9. The second kappa shape index (κ2) is 5.65. The van der Waals surface area contributed by atoms with Crippen molar-refractivity contribution in [2.45, 2.75) is 6.92 Å². The molecule has 7 nitrogen and oxygen atoms in total. The minimum Gasteiger partial charge on any atom is -0.367 e. The van der Waals surface area contributed by atoms with Crippen LogP contribution in [-0.2, 0) is 0 Å². The maximum Gasteiger partial charge on any atom is 0.353 e. The number of halogens is 2. The Balaban J connectivity index is 2.55. The van der Waals surface area contributed by atoms with Gasteiger partial charge in [-0.05, 0) is 18.6 Å². The maximum atomic E-state index is 13.9. The molecule has 21 heavy (non-hydrogen) atoms. The first kappa shape index (κ1) is 14.6. The van der Waals surface area contributed by atoms with Crippen molar-refractivity contribution in [1.29, 1.82) is 0 Å². The average Bonchev–Trinajstić information content (AvgIpc) is 2.47. The van der Waals surface area contributed by atoms with E-state index in [1.165, 1.54) is 20.0 Å². The van der Waals surface area contributed by atoms with E-state index in [0.717, 1.165) is 12.4 Å². The molecule has 0 aliphatic carbocycles. The summed E-state index contributed by atoms with van der Waals surface area (Å²) in [6.07, 6.45) is 1.05. The van der Waals surface area contributed by atoms with Crippen LogP contribution in [0.3, 0.4) is 0 Å². The van der Waals surface area contributed by atoms with Crippen LogP contribution >= 0.6 is 0 Å². The van der Waals surface area contributed by atoms with Crippen molar-refractivity contribution >= 4 is 23.0 Å². The van der Waals surface area contributed by atoms with E-state index in [2.05, 4.69) is 20.6 Å². The highest BCUT2D eigenvalue weighted by atomic mass is 19.1. The molecule has 0 atom stereocenters. The number of nitro groups is 1. The fraction of sp³-hybridized carbons (Fsp3) is 0.167.